The van der Waals surface area contributed by atoms with Crippen molar-refractivity contribution in [2.24, 2.45) is 0 Å². The summed E-state index contributed by atoms with van der Waals surface area (Å²) in [5.74, 6) is -0.269. The molecule has 0 aromatic heterocycles. The van der Waals surface area contributed by atoms with E-state index in [-0.39, 0.29) is 5.56 Å². The highest BCUT2D eigenvalue weighted by molar-refractivity contribution is 9.10. The molecule has 2 aromatic carbocycles. The van der Waals surface area contributed by atoms with Crippen LogP contribution in [0.15, 0.2) is 45.8 Å². The first-order valence-corrected chi connectivity index (χ1v) is 7.82. The second-order valence-electron chi connectivity index (χ2n) is 4.08. The first kappa shape index (κ1) is 15.2. The van der Waals surface area contributed by atoms with Gasteiger partial charge in [0.1, 0.15) is 0 Å². The molecule has 0 amide bonds. The molecule has 2 rings (SSSR count). The Morgan fingerprint density at radius 1 is 1.30 bits per heavy atom. The summed E-state index contributed by atoms with van der Waals surface area (Å²) in [5, 5.41) is 9.56. The highest BCUT2D eigenvalue weighted by Gasteiger charge is 2.08. The smallest absolute Gasteiger partial charge is 0.335 e. The SMILES string of the molecule is Nc1ccc(Cl)cc1SCc1ccc(C(=O)O)cc1Br. The molecule has 0 bridgehead atoms. The van der Waals surface area contributed by atoms with Gasteiger partial charge in [0.05, 0.1) is 5.56 Å². The third-order valence-corrected chi connectivity index (χ3v) is 4.75. The zero-order chi connectivity index (χ0) is 14.7. The molecule has 0 atom stereocenters. The average molecular weight is 373 g/mol. The van der Waals surface area contributed by atoms with Crippen molar-refractivity contribution in [3.05, 3.63) is 57.0 Å². The van der Waals surface area contributed by atoms with Gasteiger partial charge >= 0.3 is 5.97 Å². The van der Waals surface area contributed by atoms with E-state index in [1.807, 2.05) is 6.07 Å². The van der Waals surface area contributed by atoms with E-state index in [2.05, 4.69) is 15.9 Å². The number of hydrogen-bond donors (Lipinski definition) is 2. The lowest BCUT2D eigenvalue weighted by Crippen LogP contribution is -1.97. The lowest BCUT2D eigenvalue weighted by atomic mass is 10.1. The summed E-state index contributed by atoms with van der Waals surface area (Å²) in [6.45, 7) is 0. The Morgan fingerprint density at radius 2 is 2.05 bits per heavy atom. The van der Waals surface area contributed by atoms with Gasteiger partial charge in [-0.15, -0.1) is 11.8 Å². The van der Waals surface area contributed by atoms with Crippen LogP contribution in [0, 0.1) is 0 Å². The maximum atomic E-state index is 10.9. The molecule has 0 unspecified atom stereocenters. The van der Waals surface area contributed by atoms with Crippen molar-refractivity contribution in [1.82, 2.24) is 0 Å². The molecule has 3 N–H and O–H groups in total. The number of carbonyl (C=O) groups is 1. The van der Waals surface area contributed by atoms with E-state index in [0.29, 0.717) is 16.5 Å². The number of anilines is 1. The van der Waals surface area contributed by atoms with E-state index in [1.54, 1.807) is 42.1 Å². The highest BCUT2D eigenvalue weighted by Crippen LogP contribution is 2.32. The molecule has 3 nitrogen and oxygen atoms in total. The van der Waals surface area contributed by atoms with Crippen molar-refractivity contribution >= 4 is 50.9 Å². The fraction of sp³-hybridized carbons (Fsp3) is 0.0714. The minimum atomic E-state index is -0.941. The summed E-state index contributed by atoms with van der Waals surface area (Å²) in [5.41, 5.74) is 7.82. The van der Waals surface area contributed by atoms with Crippen LogP contribution in [0.3, 0.4) is 0 Å². The van der Waals surface area contributed by atoms with Crippen molar-refractivity contribution in [2.75, 3.05) is 5.73 Å². The molecule has 0 radical (unpaired) electrons. The van der Waals surface area contributed by atoms with Gasteiger partial charge in [-0.05, 0) is 35.9 Å². The van der Waals surface area contributed by atoms with E-state index < -0.39 is 5.97 Å². The molecule has 104 valence electrons. The molecule has 0 fully saturated rings. The van der Waals surface area contributed by atoms with Crippen LogP contribution >= 0.6 is 39.3 Å². The highest BCUT2D eigenvalue weighted by atomic mass is 79.9. The van der Waals surface area contributed by atoms with Crippen molar-refractivity contribution < 1.29 is 9.90 Å². The number of nitrogens with two attached hydrogens (primary N) is 1. The fourth-order valence-corrected chi connectivity index (χ4v) is 3.54. The van der Waals surface area contributed by atoms with Crippen LogP contribution in [0.5, 0.6) is 0 Å². The van der Waals surface area contributed by atoms with Gasteiger partial charge in [-0.3, -0.25) is 0 Å². The summed E-state index contributed by atoms with van der Waals surface area (Å²) in [4.78, 5) is 11.8. The summed E-state index contributed by atoms with van der Waals surface area (Å²) in [6.07, 6.45) is 0. The van der Waals surface area contributed by atoms with Crippen LogP contribution < -0.4 is 5.73 Å². The second-order valence-corrected chi connectivity index (χ2v) is 6.39. The predicted molar refractivity (Wildman–Crippen MR) is 86.5 cm³/mol. The summed E-state index contributed by atoms with van der Waals surface area (Å²) in [6, 6.07) is 10.3. The number of carboxylic acids is 1. The molecule has 0 saturated heterocycles. The number of benzene rings is 2. The minimum absolute atomic E-state index is 0.257. The molecular weight excluding hydrogens is 362 g/mol. The van der Waals surface area contributed by atoms with Gasteiger partial charge in [-0.2, -0.15) is 0 Å². The number of halogens is 2. The van der Waals surface area contributed by atoms with Gasteiger partial charge in [0.15, 0.2) is 0 Å². The number of hydrogen-bond acceptors (Lipinski definition) is 3. The molecule has 0 aliphatic rings. The lowest BCUT2D eigenvalue weighted by Gasteiger charge is -2.08. The van der Waals surface area contributed by atoms with Crippen LogP contribution in [0.2, 0.25) is 5.02 Å². The maximum absolute atomic E-state index is 10.9. The largest absolute Gasteiger partial charge is 0.478 e. The second kappa shape index (κ2) is 6.52. The topological polar surface area (TPSA) is 63.3 Å². The molecule has 0 spiro atoms. The van der Waals surface area contributed by atoms with Crippen molar-refractivity contribution in [3.8, 4) is 0 Å². The van der Waals surface area contributed by atoms with Crippen LogP contribution in [0.25, 0.3) is 0 Å². The Hall–Kier alpha value is -1.17. The van der Waals surface area contributed by atoms with Gasteiger partial charge in [-0.1, -0.05) is 33.6 Å². The number of carboxylic acid groups (broad SMARTS) is 1. The van der Waals surface area contributed by atoms with E-state index in [4.69, 9.17) is 22.4 Å². The Morgan fingerprint density at radius 3 is 2.70 bits per heavy atom. The quantitative estimate of drug-likeness (QED) is 0.604. The summed E-state index contributed by atoms with van der Waals surface area (Å²) >= 11 is 10.9. The summed E-state index contributed by atoms with van der Waals surface area (Å²) in [7, 11) is 0. The van der Waals surface area contributed by atoms with Gasteiger partial charge in [-0.25, -0.2) is 4.79 Å². The fourth-order valence-electron chi connectivity index (χ4n) is 1.59. The van der Waals surface area contributed by atoms with Crippen LogP contribution in [0.1, 0.15) is 15.9 Å². The lowest BCUT2D eigenvalue weighted by molar-refractivity contribution is 0.0697. The number of nitrogen functional groups attached to an aromatic ring is 1. The molecule has 2 aromatic rings. The Balaban J connectivity index is 2.15. The third-order valence-electron chi connectivity index (χ3n) is 2.66. The first-order chi connectivity index (χ1) is 9.47. The molecule has 0 heterocycles. The van der Waals surface area contributed by atoms with Crippen LogP contribution in [-0.2, 0) is 5.75 Å². The number of aromatic carboxylic acids is 1. The average Bonchev–Trinajstić information content (AvgIpc) is 2.40. The standard InChI is InChI=1S/C14H11BrClNO2S/c15-11-5-8(14(18)19)1-2-9(11)7-20-13-6-10(16)3-4-12(13)17/h1-6H,7,17H2,(H,18,19). The van der Waals surface area contributed by atoms with Gasteiger partial charge in [0.25, 0.3) is 0 Å². The third kappa shape index (κ3) is 3.69. The van der Waals surface area contributed by atoms with Crippen molar-refractivity contribution in [1.29, 1.82) is 0 Å². The molecule has 0 saturated carbocycles. The van der Waals surface area contributed by atoms with E-state index >= 15 is 0 Å². The zero-order valence-electron chi connectivity index (χ0n) is 10.3. The molecule has 6 heteroatoms. The van der Waals surface area contributed by atoms with Crippen LogP contribution in [0.4, 0.5) is 5.69 Å². The van der Waals surface area contributed by atoms with Crippen LogP contribution in [-0.4, -0.2) is 11.1 Å². The first-order valence-electron chi connectivity index (χ1n) is 5.67. The minimum Gasteiger partial charge on any atom is -0.478 e. The van der Waals surface area contributed by atoms with Crippen molar-refractivity contribution in [3.63, 3.8) is 0 Å². The molecule has 20 heavy (non-hydrogen) atoms. The van der Waals surface area contributed by atoms with E-state index in [0.717, 1.165) is 14.9 Å². The monoisotopic (exact) mass is 371 g/mol. The van der Waals surface area contributed by atoms with Gasteiger partial charge in [0.2, 0.25) is 0 Å². The van der Waals surface area contributed by atoms with Gasteiger partial charge < -0.3 is 10.8 Å². The predicted octanol–water partition coefficient (Wildman–Crippen LogP) is 4.68. The molecule has 0 aliphatic heterocycles. The molecular formula is C14H11BrClNO2S. The van der Waals surface area contributed by atoms with Crippen molar-refractivity contribution in [2.45, 2.75) is 10.6 Å². The Bertz CT molecular complexity index is 664. The van der Waals surface area contributed by atoms with Gasteiger partial charge in [0, 0.05) is 25.8 Å². The van der Waals surface area contributed by atoms with E-state index in [1.165, 1.54) is 0 Å². The maximum Gasteiger partial charge on any atom is 0.335 e. The Labute approximate surface area is 134 Å². The summed E-state index contributed by atoms with van der Waals surface area (Å²) < 4.78 is 0.769. The number of thioether (sulfide) groups is 1. The zero-order valence-corrected chi connectivity index (χ0v) is 13.4. The normalized spacial score (nSPS) is 10.5. The number of rotatable bonds is 4. The molecule has 0 aliphatic carbocycles. The Kier molecular flexibility index (Phi) is 4.96. The van der Waals surface area contributed by atoms with E-state index in [9.17, 15) is 4.79 Å².